The first kappa shape index (κ1) is 42.4. The van der Waals surface area contributed by atoms with Crippen molar-refractivity contribution in [3.8, 4) is 55.6 Å². The Balaban J connectivity index is 0.990. The first-order valence-electron chi connectivity index (χ1n) is 25.2. The van der Waals surface area contributed by atoms with Crippen LogP contribution in [0.4, 0.5) is 17.1 Å². The predicted octanol–water partition coefficient (Wildman–Crippen LogP) is 19.2. The Morgan fingerprint density at radius 2 is 0.795 bits per heavy atom. The SMILES string of the molecule is c1ccc(-c2ccc(N(c3cccc(C4(c5ccc(-c6cccc7ccccc67)cc5)c5ccccc5-c5ccccc54)c3)c3ccc4oc5c(-c6ccccc6)ccc(-c6ccccc6)c5c4c3)cc2)cc1. The summed E-state index contributed by atoms with van der Waals surface area (Å²) in [6.45, 7) is 0. The maximum absolute atomic E-state index is 6.97. The monoisotopic (exact) mass is 929 g/mol. The van der Waals surface area contributed by atoms with Gasteiger partial charge in [-0.15, -0.1) is 0 Å². The second kappa shape index (κ2) is 17.4. The smallest absolute Gasteiger partial charge is 0.143 e. The van der Waals surface area contributed by atoms with Crippen LogP contribution in [0.2, 0.25) is 0 Å². The third-order valence-electron chi connectivity index (χ3n) is 15.2. The molecule has 14 rings (SSSR count). The van der Waals surface area contributed by atoms with E-state index in [2.05, 4.69) is 290 Å². The van der Waals surface area contributed by atoms with Gasteiger partial charge in [0, 0.05) is 33.4 Å². The highest BCUT2D eigenvalue weighted by molar-refractivity contribution is 6.17. The number of benzene rings is 12. The zero-order valence-electron chi connectivity index (χ0n) is 40.0. The number of hydrogen-bond donors (Lipinski definition) is 0. The van der Waals surface area contributed by atoms with E-state index >= 15 is 0 Å². The molecule has 1 aromatic heterocycles. The molecule has 73 heavy (non-hydrogen) atoms. The van der Waals surface area contributed by atoms with Crippen molar-refractivity contribution in [1.82, 2.24) is 0 Å². The van der Waals surface area contributed by atoms with E-state index < -0.39 is 5.41 Å². The maximum atomic E-state index is 6.97. The lowest BCUT2D eigenvalue weighted by Crippen LogP contribution is -2.29. The molecule has 1 heterocycles. The van der Waals surface area contributed by atoms with Gasteiger partial charge in [0.1, 0.15) is 11.2 Å². The van der Waals surface area contributed by atoms with Crippen molar-refractivity contribution in [3.63, 3.8) is 0 Å². The highest BCUT2D eigenvalue weighted by atomic mass is 16.3. The lowest BCUT2D eigenvalue weighted by atomic mass is 9.67. The quantitative estimate of drug-likeness (QED) is 0.143. The molecule has 0 saturated heterocycles. The van der Waals surface area contributed by atoms with Crippen molar-refractivity contribution in [2.24, 2.45) is 0 Å². The van der Waals surface area contributed by atoms with E-state index in [1.54, 1.807) is 0 Å². The van der Waals surface area contributed by atoms with Gasteiger partial charge < -0.3 is 9.32 Å². The number of furan rings is 1. The molecule has 13 aromatic rings. The number of hydrogen-bond acceptors (Lipinski definition) is 2. The Labute approximate surface area is 425 Å². The number of fused-ring (bicyclic) bond motifs is 7. The van der Waals surface area contributed by atoms with E-state index in [1.165, 1.54) is 66.4 Å². The number of rotatable bonds is 9. The molecule has 342 valence electrons. The molecule has 1 aliphatic rings. The minimum atomic E-state index is -0.619. The molecule has 0 aliphatic heterocycles. The molecule has 2 nitrogen and oxygen atoms in total. The van der Waals surface area contributed by atoms with Gasteiger partial charge in [-0.2, -0.15) is 0 Å². The minimum absolute atomic E-state index is 0.619. The summed E-state index contributed by atoms with van der Waals surface area (Å²) in [5.41, 5.74) is 21.0. The molecule has 0 atom stereocenters. The summed E-state index contributed by atoms with van der Waals surface area (Å²) in [5.74, 6) is 0. The number of anilines is 3. The lowest BCUT2D eigenvalue weighted by molar-refractivity contribution is 0.670. The van der Waals surface area contributed by atoms with Crippen molar-refractivity contribution in [2.45, 2.75) is 5.41 Å². The topological polar surface area (TPSA) is 16.4 Å². The molecule has 12 aromatic carbocycles. The molecule has 0 unspecified atom stereocenters. The summed E-state index contributed by atoms with van der Waals surface area (Å²) >= 11 is 0. The first-order valence-corrected chi connectivity index (χ1v) is 25.2. The van der Waals surface area contributed by atoms with Crippen molar-refractivity contribution in [1.29, 1.82) is 0 Å². The molecular weight excluding hydrogens is 883 g/mol. The van der Waals surface area contributed by atoms with Gasteiger partial charge in [-0.1, -0.05) is 237 Å². The van der Waals surface area contributed by atoms with E-state index in [0.29, 0.717) is 0 Å². The fraction of sp³-hybridized carbons (Fsp3) is 0.0141. The van der Waals surface area contributed by atoms with Crippen LogP contribution in [0.25, 0.3) is 88.3 Å². The molecule has 0 spiro atoms. The van der Waals surface area contributed by atoms with E-state index in [-0.39, 0.29) is 0 Å². The molecular formula is C71H47NO. The third-order valence-corrected chi connectivity index (χ3v) is 15.2. The summed E-state index contributed by atoms with van der Waals surface area (Å²) in [6.07, 6.45) is 0. The van der Waals surface area contributed by atoms with Crippen LogP contribution in [0.15, 0.2) is 290 Å². The highest BCUT2D eigenvalue weighted by Gasteiger charge is 2.46. The van der Waals surface area contributed by atoms with Gasteiger partial charge in [-0.3, -0.25) is 0 Å². The van der Waals surface area contributed by atoms with Gasteiger partial charge in [0.05, 0.1) is 5.41 Å². The average molecular weight is 930 g/mol. The summed E-state index contributed by atoms with van der Waals surface area (Å²) < 4.78 is 6.97. The Kier molecular flexibility index (Phi) is 10.1. The van der Waals surface area contributed by atoms with E-state index in [1.807, 2.05) is 0 Å². The largest absolute Gasteiger partial charge is 0.455 e. The fourth-order valence-electron chi connectivity index (χ4n) is 11.9. The van der Waals surface area contributed by atoms with Gasteiger partial charge in [0.2, 0.25) is 0 Å². The van der Waals surface area contributed by atoms with Gasteiger partial charge in [0.25, 0.3) is 0 Å². The van der Waals surface area contributed by atoms with E-state index in [9.17, 15) is 0 Å². The van der Waals surface area contributed by atoms with Gasteiger partial charge in [-0.25, -0.2) is 0 Å². The molecule has 0 amide bonds. The van der Waals surface area contributed by atoms with Crippen LogP contribution >= 0.6 is 0 Å². The Morgan fingerprint density at radius 3 is 1.51 bits per heavy atom. The van der Waals surface area contributed by atoms with Crippen LogP contribution in [0.3, 0.4) is 0 Å². The zero-order valence-corrected chi connectivity index (χ0v) is 40.0. The zero-order chi connectivity index (χ0) is 48.3. The van der Waals surface area contributed by atoms with Crippen LogP contribution < -0.4 is 4.90 Å². The molecule has 0 saturated carbocycles. The summed E-state index contributed by atoms with van der Waals surface area (Å²) in [4.78, 5) is 2.42. The third kappa shape index (κ3) is 6.94. The Hall–Kier alpha value is -9.50. The Bertz CT molecular complexity index is 4120. The summed E-state index contributed by atoms with van der Waals surface area (Å²) in [6, 6.07) is 104. The van der Waals surface area contributed by atoms with Crippen LogP contribution in [-0.4, -0.2) is 0 Å². The summed E-state index contributed by atoms with van der Waals surface area (Å²) in [5, 5.41) is 4.65. The van der Waals surface area contributed by atoms with E-state index in [4.69, 9.17) is 4.42 Å². The van der Waals surface area contributed by atoms with Crippen LogP contribution in [0, 0.1) is 0 Å². The average Bonchev–Trinajstić information content (AvgIpc) is 4.01. The van der Waals surface area contributed by atoms with Crippen LogP contribution in [-0.2, 0) is 5.41 Å². The molecule has 0 bridgehead atoms. The normalized spacial score (nSPS) is 12.5. The van der Waals surface area contributed by atoms with Gasteiger partial charge in [-0.05, 0) is 132 Å². The van der Waals surface area contributed by atoms with E-state index in [0.717, 1.165) is 61.3 Å². The van der Waals surface area contributed by atoms with Crippen molar-refractivity contribution in [3.05, 3.63) is 307 Å². The molecule has 2 heteroatoms. The van der Waals surface area contributed by atoms with Crippen molar-refractivity contribution < 1.29 is 4.42 Å². The summed E-state index contributed by atoms with van der Waals surface area (Å²) in [7, 11) is 0. The van der Waals surface area contributed by atoms with Crippen LogP contribution in [0.5, 0.6) is 0 Å². The highest BCUT2D eigenvalue weighted by Crippen LogP contribution is 2.57. The lowest BCUT2D eigenvalue weighted by Gasteiger charge is -2.35. The molecule has 0 radical (unpaired) electrons. The molecule has 0 N–H and O–H groups in total. The second-order valence-electron chi connectivity index (χ2n) is 19.1. The second-order valence-corrected chi connectivity index (χ2v) is 19.1. The van der Waals surface area contributed by atoms with Gasteiger partial charge in [0.15, 0.2) is 0 Å². The number of nitrogens with zero attached hydrogens (tertiary/aromatic N) is 1. The van der Waals surface area contributed by atoms with Gasteiger partial charge >= 0.3 is 0 Å². The van der Waals surface area contributed by atoms with Crippen LogP contribution in [0.1, 0.15) is 22.3 Å². The Morgan fingerprint density at radius 1 is 0.288 bits per heavy atom. The maximum Gasteiger partial charge on any atom is 0.143 e. The molecule has 1 aliphatic carbocycles. The fourth-order valence-corrected chi connectivity index (χ4v) is 11.9. The molecule has 0 fully saturated rings. The standard InChI is InChI=1S/C71H47NO/c1-4-18-48(19-5-1)49-36-40-56(41-37-49)72(58-42-45-68-65(47-58)69-61(51-20-6-2-7-21-51)43-44-62(70(69)73-68)52-22-8-3-9-23-52)57-27-17-26-55(46-57)71(66-32-14-12-29-63(66)64-30-13-15-33-67(64)71)54-38-34-53(35-39-54)60-31-16-25-50-24-10-11-28-59(50)60/h1-47H. The van der Waals surface area contributed by atoms with Crippen molar-refractivity contribution >= 4 is 49.8 Å². The minimum Gasteiger partial charge on any atom is -0.455 e. The predicted molar refractivity (Wildman–Crippen MR) is 305 cm³/mol. The first-order chi connectivity index (χ1) is 36.2. The van der Waals surface area contributed by atoms with Crippen molar-refractivity contribution in [2.75, 3.05) is 4.90 Å².